The van der Waals surface area contributed by atoms with Gasteiger partial charge in [-0.05, 0) is 121 Å². The van der Waals surface area contributed by atoms with Crippen molar-refractivity contribution in [2.75, 3.05) is 27.4 Å². The Morgan fingerprint density at radius 1 is 0.966 bits per heavy atom. The zero-order valence-corrected chi connectivity index (χ0v) is 37.0. The van der Waals surface area contributed by atoms with Gasteiger partial charge in [-0.3, -0.25) is 9.59 Å². The van der Waals surface area contributed by atoms with Crippen LogP contribution >= 0.6 is 0 Å². The zero-order chi connectivity index (χ0) is 43.0. The van der Waals surface area contributed by atoms with Crippen LogP contribution in [0.25, 0.3) is 0 Å². The quantitative estimate of drug-likeness (QED) is 0.112. The molecule has 13 nitrogen and oxygen atoms in total. The fourth-order valence-corrected chi connectivity index (χ4v) is 9.75. The molecule has 0 aromatic rings. The standard InChI is InChI=1S/C46H74N2O11/c1-9-34-21-27(2)20-28(3)22-39(55-7)42-40(56-8)24-30(5)46(54,59-42)43(51)44(52)48-19-11-10-12-37(48)45(53)58-41(29(4)23-32-15-17-35(49)18-16-32)31(6)38(50)25-36(34)47-57-26-33-13-14-33/h21,23,28,30-35,37-42,49-50,54H,9-20,22,24-26H2,1-8H3. The van der Waals surface area contributed by atoms with Crippen LogP contribution < -0.4 is 0 Å². The molecule has 2 saturated heterocycles. The molecule has 0 aromatic heterocycles. The number of carbonyl (C=O) groups excluding carboxylic acids is 3. The minimum atomic E-state index is -2.48. The van der Waals surface area contributed by atoms with Crippen molar-refractivity contribution in [2.45, 2.75) is 180 Å². The van der Waals surface area contributed by atoms with Crippen LogP contribution in [0, 0.1) is 35.5 Å². The number of methoxy groups -OCH3 is 2. The molecule has 5 rings (SSSR count). The second-order valence-electron chi connectivity index (χ2n) is 18.7. The van der Waals surface area contributed by atoms with E-state index in [4.69, 9.17) is 23.8 Å². The third-order valence-electron chi connectivity index (χ3n) is 13.7. The molecule has 4 fully saturated rings. The summed E-state index contributed by atoms with van der Waals surface area (Å²) >= 11 is 0. The summed E-state index contributed by atoms with van der Waals surface area (Å²) in [5.74, 6) is -6.03. The molecule has 3 heterocycles. The number of amides is 1. The Morgan fingerprint density at radius 3 is 2.29 bits per heavy atom. The maximum absolute atomic E-state index is 14.4. The molecule has 11 atom stereocenters. The molecular weight excluding hydrogens is 757 g/mol. The topological polar surface area (TPSA) is 174 Å². The number of hydrogen-bond acceptors (Lipinski definition) is 12. The van der Waals surface area contributed by atoms with Gasteiger partial charge in [0.2, 0.25) is 5.79 Å². The SMILES string of the molecule is CCC1C=C(C)CC(C)CC(OC)C2OC(O)(C(=O)C(=O)N3CCCCC3C(=O)OC(C(C)=CC3CCC(O)CC3)C(C)C(O)CC1=NOCC1CC1)C(C)CC2OC. The molecule has 11 unspecified atom stereocenters. The molecule has 3 aliphatic heterocycles. The lowest BCUT2D eigenvalue weighted by atomic mass is 9.82. The fourth-order valence-electron chi connectivity index (χ4n) is 9.75. The first kappa shape index (κ1) is 47.4. The number of cyclic esters (lactones) is 1. The Balaban J connectivity index is 1.56. The minimum absolute atomic E-state index is 0.0889. The van der Waals surface area contributed by atoms with Crippen LogP contribution in [0.15, 0.2) is 28.5 Å². The van der Waals surface area contributed by atoms with E-state index in [-0.39, 0.29) is 49.7 Å². The van der Waals surface area contributed by atoms with Gasteiger partial charge in [0.15, 0.2) is 0 Å². The molecule has 59 heavy (non-hydrogen) atoms. The molecular formula is C46H74N2O11. The largest absolute Gasteiger partial charge is 0.456 e. The molecule has 0 aromatic carbocycles. The number of carbonyl (C=O) groups is 3. The van der Waals surface area contributed by atoms with Crippen molar-refractivity contribution in [3.63, 3.8) is 0 Å². The molecule has 2 bridgehead atoms. The van der Waals surface area contributed by atoms with E-state index in [1.807, 2.05) is 13.8 Å². The number of allylic oxidation sites excluding steroid dienone is 3. The number of piperidine rings is 1. The monoisotopic (exact) mass is 831 g/mol. The first-order valence-corrected chi connectivity index (χ1v) is 22.5. The third-order valence-corrected chi connectivity index (χ3v) is 13.7. The van der Waals surface area contributed by atoms with Crippen LogP contribution in [0.4, 0.5) is 0 Å². The van der Waals surface area contributed by atoms with Crippen LogP contribution in [0.1, 0.15) is 131 Å². The number of aliphatic hydroxyl groups is 3. The Labute approximate surface area is 352 Å². The molecule has 1 amide bonds. The molecule has 13 heteroatoms. The second-order valence-corrected chi connectivity index (χ2v) is 18.7. The van der Waals surface area contributed by atoms with E-state index in [1.165, 1.54) is 4.90 Å². The van der Waals surface area contributed by atoms with Crippen LogP contribution in [-0.4, -0.2) is 119 Å². The maximum atomic E-state index is 14.4. The Bertz CT molecular complexity index is 1520. The van der Waals surface area contributed by atoms with E-state index in [1.54, 1.807) is 21.1 Å². The Hall–Kier alpha value is -2.68. The van der Waals surface area contributed by atoms with Crippen molar-refractivity contribution in [1.82, 2.24) is 4.90 Å². The summed E-state index contributed by atoms with van der Waals surface area (Å²) in [7, 11) is 3.13. The number of aliphatic hydroxyl groups excluding tert-OH is 2. The number of hydrogen-bond donors (Lipinski definition) is 3. The molecule has 0 radical (unpaired) electrons. The molecule has 2 saturated carbocycles. The number of nitrogens with zero attached hydrogens (tertiary/aromatic N) is 2. The first-order valence-electron chi connectivity index (χ1n) is 22.5. The van der Waals surface area contributed by atoms with Gasteiger partial charge in [0, 0.05) is 44.9 Å². The summed E-state index contributed by atoms with van der Waals surface area (Å²) in [5, 5.41) is 39.0. The van der Waals surface area contributed by atoms with E-state index < -0.39 is 71.8 Å². The van der Waals surface area contributed by atoms with Crippen molar-refractivity contribution >= 4 is 23.4 Å². The highest BCUT2D eigenvalue weighted by Crippen LogP contribution is 2.39. The maximum Gasteiger partial charge on any atom is 0.329 e. The van der Waals surface area contributed by atoms with Gasteiger partial charge < -0.3 is 44.0 Å². The Morgan fingerprint density at radius 2 is 1.64 bits per heavy atom. The van der Waals surface area contributed by atoms with E-state index in [2.05, 4.69) is 38.1 Å². The molecule has 3 N–H and O–H groups in total. The highest BCUT2D eigenvalue weighted by Gasteiger charge is 2.56. The molecule has 5 aliphatic rings. The predicted octanol–water partition coefficient (Wildman–Crippen LogP) is 6.06. The summed E-state index contributed by atoms with van der Waals surface area (Å²) < 4.78 is 24.6. The average molecular weight is 831 g/mol. The Kier molecular flexibility index (Phi) is 17.2. The van der Waals surface area contributed by atoms with Crippen LogP contribution in [-0.2, 0) is 38.2 Å². The highest BCUT2D eigenvalue weighted by molar-refractivity contribution is 6.39. The van der Waals surface area contributed by atoms with Gasteiger partial charge in [-0.1, -0.05) is 50.6 Å². The average Bonchev–Trinajstić information content (AvgIpc) is 4.05. The van der Waals surface area contributed by atoms with Gasteiger partial charge >= 0.3 is 5.97 Å². The summed E-state index contributed by atoms with van der Waals surface area (Å²) in [6, 6.07) is -1.08. The van der Waals surface area contributed by atoms with Gasteiger partial charge in [-0.2, -0.15) is 0 Å². The lowest BCUT2D eigenvalue weighted by Crippen LogP contribution is -2.64. The molecule has 334 valence electrons. The second kappa shape index (κ2) is 21.4. The fraction of sp³-hybridized carbons (Fsp3) is 0.826. The van der Waals surface area contributed by atoms with Gasteiger partial charge in [-0.15, -0.1) is 0 Å². The van der Waals surface area contributed by atoms with E-state index in [0.29, 0.717) is 51.0 Å². The molecule has 0 spiro atoms. The summed E-state index contributed by atoms with van der Waals surface area (Å²) in [4.78, 5) is 50.2. The van der Waals surface area contributed by atoms with Crippen LogP contribution in [0.5, 0.6) is 0 Å². The van der Waals surface area contributed by atoms with E-state index >= 15 is 0 Å². The highest BCUT2D eigenvalue weighted by atomic mass is 16.7. The number of fused-ring (bicyclic) bond motifs is 3. The first-order chi connectivity index (χ1) is 28.1. The third kappa shape index (κ3) is 12.0. The minimum Gasteiger partial charge on any atom is -0.456 e. The van der Waals surface area contributed by atoms with Crippen molar-refractivity contribution < 1.29 is 53.5 Å². The van der Waals surface area contributed by atoms with Crippen molar-refractivity contribution in [2.24, 2.45) is 40.7 Å². The summed E-state index contributed by atoms with van der Waals surface area (Å²) in [6.45, 7) is 12.4. The summed E-state index contributed by atoms with van der Waals surface area (Å²) in [6.07, 6.45) is 9.27. The lowest BCUT2D eigenvalue weighted by molar-refractivity contribution is -0.302. The number of ether oxygens (including phenoxy) is 4. The van der Waals surface area contributed by atoms with Gasteiger partial charge in [0.25, 0.3) is 11.7 Å². The summed E-state index contributed by atoms with van der Waals surface area (Å²) in [5.41, 5.74) is 2.63. The lowest BCUT2D eigenvalue weighted by Gasteiger charge is -2.47. The number of rotatable bonds is 8. The van der Waals surface area contributed by atoms with E-state index in [9.17, 15) is 29.7 Å². The van der Waals surface area contributed by atoms with Crippen molar-refractivity contribution in [1.29, 1.82) is 0 Å². The number of esters is 1. The predicted molar refractivity (Wildman–Crippen MR) is 223 cm³/mol. The molecule has 2 aliphatic carbocycles. The van der Waals surface area contributed by atoms with Gasteiger partial charge in [-0.25, -0.2) is 4.79 Å². The number of Topliss-reactive ketones (excluding diaryl/α,β-unsaturated/α-hetero) is 1. The smallest absolute Gasteiger partial charge is 0.329 e. The van der Waals surface area contributed by atoms with E-state index in [0.717, 1.165) is 49.0 Å². The normalized spacial score (nSPS) is 39.8. The van der Waals surface area contributed by atoms with Gasteiger partial charge in [0.05, 0.1) is 30.1 Å². The van der Waals surface area contributed by atoms with Gasteiger partial charge in [0.1, 0.15) is 24.9 Å². The zero-order valence-electron chi connectivity index (χ0n) is 37.0. The number of ketones is 1. The van der Waals surface area contributed by atoms with Crippen LogP contribution in [0.2, 0.25) is 0 Å². The van der Waals surface area contributed by atoms with Crippen molar-refractivity contribution in [3.8, 4) is 0 Å². The van der Waals surface area contributed by atoms with Crippen molar-refractivity contribution in [3.05, 3.63) is 23.3 Å². The van der Waals surface area contributed by atoms with Crippen LogP contribution in [0.3, 0.4) is 0 Å². The number of oxime groups is 1.